The van der Waals surface area contributed by atoms with Crippen molar-refractivity contribution >= 4 is 11.0 Å². The third kappa shape index (κ3) is 1.47. The van der Waals surface area contributed by atoms with Gasteiger partial charge in [-0.1, -0.05) is 12.1 Å². The lowest BCUT2D eigenvalue weighted by Crippen LogP contribution is -2.06. The second-order valence-corrected chi connectivity index (χ2v) is 4.03. The fourth-order valence-corrected chi connectivity index (χ4v) is 2.06. The summed E-state index contributed by atoms with van der Waals surface area (Å²) >= 11 is 0. The molecule has 0 aliphatic carbocycles. The van der Waals surface area contributed by atoms with Crippen LogP contribution in [-0.4, -0.2) is 19.1 Å². The molecule has 0 N–H and O–H groups in total. The molecular weight excluding hydrogens is 226 g/mol. The molecule has 0 bridgehead atoms. The number of para-hydroxylation sites is 2. The lowest BCUT2D eigenvalue weighted by atomic mass is 10.3. The summed E-state index contributed by atoms with van der Waals surface area (Å²) in [6.07, 6.45) is 3.88. The van der Waals surface area contributed by atoms with Crippen LogP contribution in [0.1, 0.15) is 5.82 Å². The lowest BCUT2D eigenvalue weighted by Gasteiger charge is -2.06. The van der Waals surface area contributed by atoms with Crippen LogP contribution in [0.2, 0.25) is 0 Å². The van der Waals surface area contributed by atoms with Crippen molar-refractivity contribution in [3.8, 4) is 12.0 Å². The summed E-state index contributed by atoms with van der Waals surface area (Å²) in [7, 11) is 1.92. The fraction of sp³-hybridized carbons (Fsp3) is 0.154. The Morgan fingerprint density at radius 2 is 2.17 bits per heavy atom. The normalized spacial score (nSPS) is 10.7. The fourth-order valence-electron chi connectivity index (χ4n) is 2.06. The van der Waals surface area contributed by atoms with Crippen molar-refractivity contribution < 1.29 is 0 Å². The Bertz CT molecular complexity index is 744. The van der Waals surface area contributed by atoms with E-state index in [1.807, 2.05) is 46.6 Å². The van der Waals surface area contributed by atoms with E-state index in [-0.39, 0.29) is 6.42 Å². The van der Waals surface area contributed by atoms with Crippen LogP contribution in [-0.2, 0) is 13.5 Å². The van der Waals surface area contributed by atoms with E-state index in [2.05, 4.69) is 16.0 Å². The smallest absolute Gasteiger partial charge is 0.215 e. The van der Waals surface area contributed by atoms with Gasteiger partial charge in [-0.15, -0.1) is 0 Å². The van der Waals surface area contributed by atoms with Crippen molar-refractivity contribution in [3.63, 3.8) is 0 Å². The third-order valence-electron chi connectivity index (χ3n) is 2.86. The molecule has 3 rings (SSSR count). The summed E-state index contributed by atoms with van der Waals surface area (Å²) in [5, 5.41) is 8.91. The SMILES string of the molecule is Cn1ccnc1-n1c(CC#N)nc2ccccc21. The molecule has 0 radical (unpaired) electrons. The maximum Gasteiger partial charge on any atom is 0.215 e. The summed E-state index contributed by atoms with van der Waals surface area (Å²) < 4.78 is 3.84. The average Bonchev–Trinajstić information content (AvgIpc) is 2.93. The van der Waals surface area contributed by atoms with E-state index in [0.29, 0.717) is 5.82 Å². The number of hydrogen-bond acceptors (Lipinski definition) is 3. The monoisotopic (exact) mass is 237 g/mol. The Kier molecular flexibility index (Phi) is 2.34. The van der Waals surface area contributed by atoms with Gasteiger partial charge in [0.1, 0.15) is 5.82 Å². The van der Waals surface area contributed by atoms with Crippen molar-refractivity contribution in [2.45, 2.75) is 6.42 Å². The maximum absolute atomic E-state index is 8.91. The molecule has 0 unspecified atom stereocenters. The number of benzene rings is 1. The summed E-state index contributed by atoms with van der Waals surface area (Å²) in [6.45, 7) is 0. The minimum Gasteiger partial charge on any atom is -0.320 e. The molecule has 0 aliphatic heterocycles. The van der Waals surface area contributed by atoms with Gasteiger partial charge < -0.3 is 4.57 Å². The van der Waals surface area contributed by atoms with Crippen molar-refractivity contribution in [1.82, 2.24) is 19.1 Å². The first-order chi connectivity index (χ1) is 8.81. The number of rotatable bonds is 2. The standard InChI is InChI=1S/C13H11N5/c1-17-9-8-15-13(17)18-11-5-3-2-4-10(11)16-12(18)6-7-14/h2-5,8-9H,6H2,1H3. The number of nitriles is 1. The molecule has 2 aromatic heterocycles. The first kappa shape index (κ1) is 10.5. The molecular formula is C13H11N5. The van der Waals surface area contributed by atoms with E-state index in [9.17, 15) is 0 Å². The van der Waals surface area contributed by atoms with E-state index < -0.39 is 0 Å². The number of fused-ring (bicyclic) bond motifs is 1. The number of hydrogen-bond donors (Lipinski definition) is 0. The van der Waals surface area contributed by atoms with Gasteiger partial charge in [0, 0.05) is 19.4 Å². The second-order valence-electron chi connectivity index (χ2n) is 4.03. The lowest BCUT2D eigenvalue weighted by molar-refractivity contribution is 0.801. The average molecular weight is 237 g/mol. The summed E-state index contributed by atoms with van der Waals surface area (Å²) in [6, 6.07) is 9.97. The molecule has 5 nitrogen and oxygen atoms in total. The highest BCUT2D eigenvalue weighted by Gasteiger charge is 2.14. The Balaban J connectivity index is 2.35. The van der Waals surface area contributed by atoms with Crippen LogP contribution >= 0.6 is 0 Å². The van der Waals surface area contributed by atoms with Crippen LogP contribution < -0.4 is 0 Å². The highest BCUT2D eigenvalue weighted by Crippen LogP contribution is 2.20. The van der Waals surface area contributed by atoms with Gasteiger partial charge in [-0.3, -0.25) is 4.57 Å². The molecule has 3 aromatic rings. The molecule has 5 heteroatoms. The molecule has 88 valence electrons. The molecule has 1 aromatic carbocycles. The van der Waals surface area contributed by atoms with Crippen molar-refractivity contribution in [2.24, 2.45) is 7.05 Å². The predicted octanol–water partition coefficient (Wildman–Crippen LogP) is 1.83. The number of imidazole rings is 2. The summed E-state index contributed by atoms with van der Waals surface area (Å²) in [4.78, 5) is 8.81. The van der Waals surface area contributed by atoms with Crippen LogP contribution in [0.4, 0.5) is 0 Å². The van der Waals surface area contributed by atoms with Gasteiger partial charge in [0.15, 0.2) is 0 Å². The zero-order valence-corrected chi connectivity index (χ0v) is 9.91. The molecule has 0 amide bonds. The highest BCUT2D eigenvalue weighted by molar-refractivity contribution is 5.77. The number of aryl methyl sites for hydroxylation is 1. The Hall–Kier alpha value is -2.61. The van der Waals surface area contributed by atoms with E-state index >= 15 is 0 Å². The van der Waals surface area contributed by atoms with Crippen LogP contribution in [0.5, 0.6) is 0 Å². The second kappa shape index (κ2) is 4.00. The van der Waals surface area contributed by atoms with Gasteiger partial charge in [-0.2, -0.15) is 5.26 Å². The van der Waals surface area contributed by atoms with Gasteiger partial charge in [0.2, 0.25) is 5.95 Å². The topological polar surface area (TPSA) is 59.4 Å². The van der Waals surface area contributed by atoms with E-state index in [0.717, 1.165) is 17.0 Å². The molecule has 18 heavy (non-hydrogen) atoms. The first-order valence-corrected chi connectivity index (χ1v) is 5.62. The molecule has 0 spiro atoms. The third-order valence-corrected chi connectivity index (χ3v) is 2.86. The number of aromatic nitrogens is 4. The van der Waals surface area contributed by atoms with Gasteiger partial charge in [0.05, 0.1) is 23.5 Å². The number of nitrogens with zero attached hydrogens (tertiary/aromatic N) is 5. The summed E-state index contributed by atoms with van der Waals surface area (Å²) in [5.41, 5.74) is 1.85. The van der Waals surface area contributed by atoms with Crippen molar-refractivity contribution in [2.75, 3.05) is 0 Å². The highest BCUT2D eigenvalue weighted by atomic mass is 15.3. The Labute approximate surface area is 104 Å². The van der Waals surface area contributed by atoms with Crippen LogP contribution in [0.3, 0.4) is 0 Å². The zero-order valence-electron chi connectivity index (χ0n) is 9.91. The van der Waals surface area contributed by atoms with Crippen LogP contribution in [0, 0.1) is 11.3 Å². The van der Waals surface area contributed by atoms with E-state index in [4.69, 9.17) is 5.26 Å². The molecule has 0 saturated heterocycles. The minimum absolute atomic E-state index is 0.265. The quantitative estimate of drug-likeness (QED) is 0.683. The van der Waals surface area contributed by atoms with Gasteiger partial charge in [-0.05, 0) is 12.1 Å². The largest absolute Gasteiger partial charge is 0.320 e. The predicted molar refractivity (Wildman–Crippen MR) is 67.2 cm³/mol. The van der Waals surface area contributed by atoms with E-state index in [1.165, 1.54) is 0 Å². The van der Waals surface area contributed by atoms with Gasteiger partial charge in [-0.25, -0.2) is 9.97 Å². The summed E-state index contributed by atoms with van der Waals surface area (Å²) in [5.74, 6) is 1.49. The van der Waals surface area contributed by atoms with Crippen molar-refractivity contribution in [1.29, 1.82) is 5.26 Å². The Morgan fingerprint density at radius 3 is 2.89 bits per heavy atom. The molecule has 2 heterocycles. The molecule has 0 saturated carbocycles. The van der Waals surface area contributed by atoms with Gasteiger partial charge >= 0.3 is 0 Å². The van der Waals surface area contributed by atoms with Crippen molar-refractivity contribution in [3.05, 3.63) is 42.5 Å². The molecule has 0 atom stereocenters. The Morgan fingerprint density at radius 1 is 1.33 bits per heavy atom. The maximum atomic E-state index is 8.91. The van der Waals surface area contributed by atoms with Gasteiger partial charge in [0.25, 0.3) is 0 Å². The molecule has 0 fully saturated rings. The van der Waals surface area contributed by atoms with Crippen LogP contribution in [0.15, 0.2) is 36.7 Å². The minimum atomic E-state index is 0.265. The first-order valence-electron chi connectivity index (χ1n) is 5.62. The molecule has 0 aliphatic rings. The zero-order chi connectivity index (χ0) is 12.5. The van der Waals surface area contributed by atoms with E-state index in [1.54, 1.807) is 6.20 Å². The van der Waals surface area contributed by atoms with Crippen LogP contribution in [0.25, 0.3) is 17.0 Å².